The van der Waals surface area contributed by atoms with Crippen LogP contribution in [0, 0.1) is 12.8 Å². The molecule has 0 aromatic heterocycles. The average Bonchev–Trinajstić information content (AvgIpc) is 2.58. The van der Waals surface area contributed by atoms with E-state index in [2.05, 4.69) is 25.1 Å². The molecule has 0 heterocycles. The number of phenols is 1. The maximum atomic E-state index is 10.5. The molecule has 0 saturated heterocycles. The topological polar surface area (TPSA) is 32.6 Å². The van der Waals surface area contributed by atoms with E-state index in [1.54, 1.807) is 0 Å². The first kappa shape index (κ1) is 15.8. The monoisotopic (exact) mass is 307 g/mol. The molecule has 0 spiro atoms. The minimum Gasteiger partial charge on any atom is -0.507 e. The molecule has 2 aromatic rings. The third-order valence-electron chi connectivity index (χ3n) is 4.90. The molecule has 1 aliphatic rings. The zero-order valence-corrected chi connectivity index (χ0v) is 14.0. The molecular weight excluding hydrogens is 282 g/mol. The number of hydrogen-bond donors (Lipinski definition) is 1. The molecule has 2 aromatic carbocycles. The standard InChI is InChI=1S/C21H25NO/c1-15-8-11-18(12-9-15)22-14-20-19(13-10-16(2)21(20)23)17-6-4-3-5-7-17/h3-7,10,13-15,18,23H,8-9,11-12H2,1-2H3. The van der Waals surface area contributed by atoms with Gasteiger partial charge in [0.25, 0.3) is 0 Å². The van der Waals surface area contributed by atoms with Crippen molar-refractivity contribution >= 4 is 6.21 Å². The van der Waals surface area contributed by atoms with Crippen LogP contribution in [0.25, 0.3) is 11.1 Å². The number of aliphatic imine (C=N–C) groups is 1. The molecule has 120 valence electrons. The van der Waals surface area contributed by atoms with Crippen LogP contribution in [0.1, 0.15) is 43.7 Å². The highest BCUT2D eigenvalue weighted by Crippen LogP contribution is 2.32. The van der Waals surface area contributed by atoms with Crippen molar-refractivity contribution in [1.82, 2.24) is 0 Å². The second-order valence-electron chi connectivity index (χ2n) is 6.75. The largest absolute Gasteiger partial charge is 0.507 e. The zero-order chi connectivity index (χ0) is 16.2. The van der Waals surface area contributed by atoms with E-state index in [-0.39, 0.29) is 0 Å². The Balaban J connectivity index is 1.92. The third kappa shape index (κ3) is 3.64. The molecule has 1 N–H and O–H groups in total. The minimum atomic E-state index is 0.347. The van der Waals surface area contributed by atoms with Crippen LogP contribution >= 0.6 is 0 Å². The molecule has 2 nitrogen and oxygen atoms in total. The van der Waals surface area contributed by atoms with Gasteiger partial charge in [0.15, 0.2) is 0 Å². The summed E-state index contributed by atoms with van der Waals surface area (Å²) in [6, 6.07) is 14.6. The summed E-state index contributed by atoms with van der Waals surface area (Å²) in [5.41, 5.74) is 3.89. The first-order valence-corrected chi connectivity index (χ1v) is 8.56. The lowest BCUT2D eigenvalue weighted by molar-refractivity contribution is 0.350. The Morgan fingerprint density at radius 1 is 1.00 bits per heavy atom. The van der Waals surface area contributed by atoms with E-state index in [0.29, 0.717) is 11.8 Å². The molecule has 1 aliphatic carbocycles. The predicted octanol–water partition coefficient (Wildman–Crippen LogP) is 5.37. The van der Waals surface area contributed by atoms with Crippen LogP contribution in [0.3, 0.4) is 0 Å². The zero-order valence-electron chi connectivity index (χ0n) is 14.0. The number of rotatable bonds is 3. The fourth-order valence-electron chi connectivity index (χ4n) is 3.29. The van der Waals surface area contributed by atoms with Gasteiger partial charge in [-0.15, -0.1) is 0 Å². The number of hydrogen-bond acceptors (Lipinski definition) is 2. The maximum absolute atomic E-state index is 10.5. The molecule has 1 saturated carbocycles. The first-order chi connectivity index (χ1) is 11.1. The fourth-order valence-corrected chi connectivity index (χ4v) is 3.29. The van der Waals surface area contributed by atoms with Crippen molar-refractivity contribution < 1.29 is 5.11 Å². The summed E-state index contributed by atoms with van der Waals surface area (Å²) in [5, 5.41) is 10.5. The minimum absolute atomic E-state index is 0.347. The van der Waals surface area contributed by atoms with Crippen molar-refractivity contribution in [2.24, 2.45) is 10.9 Å². The van der Waals surface area contributed by atoms with E-state index in [4.69, 9.17) is 4.99 Å². The van der Waals surface area contributed by atoms with Crippen LogP contribution in [-0.2, 0) is 0 Å². The van der Waals surface area contributed by atoms with Gasteiger partial charge in [-0.05, 0) is 55.2 Å². The summed E-state index contributed by atoms with van der Waals surface area (Å²) in [6.45, 7) is 4.25. The molecule has 23 heavy (non-hydrogen) atoms. The Hall–Kier alpha value is -2.09. The highest BCUT2D eigenvalue weighted by atomic mass is 16.3. The van der Waals surface area contributed by atoms with Gasteiger partial charge in [-0.1, -0.05) is 49.4 Å². The Labute approximate surface area is 138 Å². The summed E-state index contributed by atoms with van der Waals surface area (Å²) in [7, 11) is 0. The Morgan fingerprint density at radius 3 is 2.39 bits per heavy atom. The first-order valence-electron chi connectivity index (χ1n) is 8.56. The van der Waals surface area contributed by atoms with E-state index in [1.165, 1.54) is 12.8 Å². The van der Waals surface area contributed by atoms with Crippen molar-refractivity contribution in [3.05, 3.63) is 53.6 Å². The molecule has 0 bridgehead atoms. The van der Waals surface area contributed by atoms with Crippen LogP contribution < -0.4 is 0 Å². The van der Waals surface area contributed by atoms with E-state index < -0.39 is 0 Å². The van der Waals surface area contributed by atoms with Gasteiger partial charge in [0.05, 0.1) is 0 Å². The third-order valence-corrected chi connectivity index (χ3v) is 4.90. The summed E-state index contributed by atoms with van der Waals surface area (Å²) in [4.78, 5) is 4.79. The normalized spacial score (nSPS) is 21.7. The van der Waals surface area contributed by atoms with Gasteiger partial charge < -0.3 is 5.11 Å². The molecule has 0 atom stereocenters. The lowest BCUT2D eigenvalue weighted by Crippen LogP contribution is -2.15. The summed E-state index contributed by atoms with van der Waals surface area (Å²) < 4.78 is 0. The molecule has 0 aliphatic heterocycles. The van der Waals surface area contributed by atoms with Gasteiger partial charge in [0.2, 0.25) is 0 Å². The lowest BCUT2D eigenvalue weighted by atomic mass is 9.87. The quantitative estimate of drug-likeness (QED) is 0.760. The number of aromatic hydroxyl groups is 1. The summed E-state index contributed by atoms with van der Waals surface area (Å²) in [5.74, 6) is 1.17. The van der Waals surface area contributed by atoms with Crippen LogP contribution in [-0.4, -0.2) is 17.4 Å². The SMILES string of the molecule is Cc1ccc(-c2ccccc2)c(C=NC2CCC(C)CC2)c1O. The number of nitrogens with zero attached hydrogens (tertiary/aromatic N) is 1. The molecule has 0 amide bonds. The van der Waals surface area contributed by atoms with Crippen LogP contribution in [0.15, 0.2) is 47.5 Å². The van der Waals surface area contributed by atoms with E-state index in [0.717, 1.165) is 41.0 Å². The van der Waals surface area contributed by atoms with Crippen molar-refractivity contribution in [1.29, 1.82) is 0 Å². The fraction of sp³-hybridized carbons (Fsp3) is 0.381. The molecule has 0 unspecified atom stereocenters. The van der Waals surface area contributed by atoms with Gasteiger partial charge in [0.1, 0.15) is 5.75 Å². The van der Waals surface area contributed by atoms with Crippen molar-refractivity contribution in [3.63, 3.8) is 0 Å². The van der Waals surface area contributed by atoms with E-state index >= 15 is 0 Å². The van der Waals surface area contributed by atoms with Crippen molar-refractivity contribution in [3.8, 4) is 16.9 Å². The van der Waals surface area contributed by atoms with Gasteiger partial charge >= 0.3 is 0 Å². The molecule has 1 fully saturated rings. The number of phenolic OH excluding ortho intramolecular Hbond substituents is 1. The molecular formula is C21H25NO. The lowest BCUT2D eigenvalue weighted by Gasteiger charge is -2.23. The highest BCUT2D eigenvalue weighted by molar-refractivity contribution is 5.94. The van der Waals surface area contributed by atoms with Crippen molar-refractivity contribution in [2.45, 2.75) is 45.6 Å². The molecule has 0 radical (unpaired) electrons. The number of benzene rings is 2. The smallest absolute Gasteiger partial charge is 0.127 e. The van der Waals surface area contributed by atoms with E-state index in [9.17, 15) is 5.11 Å². The number of aryl methyl sites for hydroxylation is 1. The Morgan fingerprint density at radius 2 is 1.70 bits per heavy atom. The predicted molar refractivity (Wildman–Crippen MR) is 97.3 cm³/mol. The second-order valence-corrected chi connectivity index (χ2v) is 6.75. The van der Waals surface area contributed by atoms with Crippen LogP contribution in [0.2, 0.25) is 0 Å². The van der Waals surface area contributed by atoms with E-state index in [1.807, 2.05) is 37.4 Å². The maximum Gasteiger partial charge on any atom is 0.127 e. The van der Waals surface area contributed by atoms with Gasteiger partial charge in [-0.2, -0.15) is 0 Å². The summed E-state index contributed by atoms with van der Waals surface area (Å²) in [6.07, 6.45) is 6.72. The van der Waals surface area contributed by atoms with Crippen molar-refractivity contribution in [2.75, 3.05) is 0 Å². The molecule has 3 rings (SSSR count). The Kier molecular flexibility index (Phi) is 4.80. The van der Waals surface area contributed by atoms with Gasteiger partial charge in [-0.25, -0.2) is 0 Å². The van der Waals surface area contributed by atoms with Crippen LogP contribution in [0.4, 0.5) is 0 Å². The average molecular weight is 307 g/mol. The highest BCUT2D eigenvalue weighted by Gasteiger charge is 2.17. The van der Waals surface area contributed by atoms with Gasteiger partial charge in [-0.3, -0.25) is 4.99 Å². The second kappa shape index (κ2) is 6.99. The molecule has 2 heteroatoms. The van der Waals surface area contributed by atoms with Gasteiger partial charge in [0, 0.05) is 17.8 Å². The summed E-state index contributed by atoms with van der Waals surface area (Å²) >= 11 is 0. The van der Waals surface area contributed by atoms with Crippen LogP contribution in [0.5, 0.6) is 5.75 Å². The Bertz CT molecular complexity index is 682.